The number of nitrogens with zero attached hydrogens (tertiary/aromatic N) is 4. The molecule has 0 aliphatic rings. The van der Waals surface area contributed by atoms with Gasteiger partial charge in [-0.15, -0.1) is 0 Å². The molecule has 0 saturated heterocycles. The van der Waals surface area contributed by atoms with Crippen molar-refractivity contribution < 1.29 is 0 Å². The Kier molecular flexibility index (Phi) is 5.13. The van der Waals surface area contributed by atoms with Crippen molar-refractivity contribution in [3.63, 3.8) is 0 Å². The van der Waals surface area contributed by atoms with Crippen LogP contribution < -0.4 is 0 Å². The molecule has 0 bridgehead atoms. The number of benzene rings is 4. The van der Waals surface area contributed by atoms with Crippen LogP contribution in [0, 0.1) is 0 Å². The minimum atomic E-state index is -0.432. The molecule has 0 saturated carbocycles. The quantitative estimate of drug-likeness (QED) is 0.228. The molecule has 0 aliphatic heterocycles. The van der Waals surface area contributed by atoms with E-state index in [9.17, 15) is 0 Å². The summed E-state index contributed by atoms with van der Waals surface area (Å²) in [5.74, 6) is 0. The van der Waals surface area contributed by atoms with Crippen LogP contribution in [0.3, 0.4) is 0 Å². The molecule has 4 heteroatoms. The smallest absolute Gasteiger partial charge is 0.145 e. The maximum absolute atomic E-state index is 5.36. The largest absolute Gasteiger partial charge is 0.294 e. The monoisotopic (exact) mass is 528 g/mol. The topological polar surface area (TPSA) is 35.6 Å². The van der Waals surface area contributed by atoms with Gasteiger partial charge < -0.3 is 0 Å². The number of aromatic nitrogens is 4. The molecule has 4 aromatic carbocycles. The minimum absolute atomic E-state index is 0.432. The van der Waals surface area contributed by atoms with Gasteiger partial charge in [-0.05, 0) is 74.5 Å². The summed E-state index contributed by atoms with van der Waals surface area (Å²) < 4.78 is 4.54. The molecule has 4 heterocycles. The maximum atomic E-state index is 5.36. The molecule has 0 spiro atoms. The van der Waals surface area contributed by atoms with Crippen LogP contribution in [-0.2, 0) is 5.41 Å². The fraction of sp³-hybridized carbons (Fsp3) is 0.0811. The van der Waals surface area contributed by atoms with Crippen LogP contribution in [-0.4, -0.2) is 19.1 Å². The first-order valence-electron chi connectivity index (χ1n) is 14.0. The van der Waals surface area contributed by atoms with Gasteiger partial charge >= 0.3 is 0 Å². The summed E-state index contributed by atoms with van der Waals surface area (Å²) >= 11 is 0. The highest BCUT2D eigenvalue weighted by Crippen LogP contribution is 2.37. The number of pyridine rings is 2. The van der Waals surface area contributed by atoms with Crippen molar-refractivity contribution in [1.29, 1.82) is 0 Å². The van der Waals surface area contributed by atoms with Gasteiger partial charge in [-0.3, -0.25) is 9.13 Å². The zero-order valence-corrected chi connectivity index (χ0v) is 23.0. The average molecular weight is 529 g/mol. The van der Waals surface area contributed by atoms with Crippen LogP contribution in [0.1, 0.15) is 25.2 Å². The molecule has 8 aromatic rings. The van der Waals surface area contributed by atoms with E-state index in [0.29, 0.717) is 0 Å². The van der Waals surface area contributed by atoms with Gasteiger partial charge in [0.25, 0.3) is 0 Å². The van der Waals surface area contributed by atoms with E-state index < -0.39 is 5.41 Å². The lowest BCUT2D eigenvalue weighted by Crippen LogP contribution is -2.22. The van der Waals surface area contributed by atoms with Gasteiger partial charge in [-0.2, -0.15) is 0 Å². The van der Waals surface area contributed by atoms with Gasteiger partial charge in [0, 0.05) is 38.3 Å². The van der Waals surface area contributed by atoms with Crippen molar-refractivity contribution in [2.24, 2.45) is 0 Å². The van der Waals surface area contributed by atoms with Crippen LogP contribution in [0.15, 0.2) is 133 Å². The number of fused-ring (bicyclic) bond motifs is 6. The van der Waals surface area contributed by atoms with Crippen molar-refractivity contribution in [2.75, 3.05) is 0 Å². The zero-order chi connectivity index (χ0) is 27.6. The van der Waals surface area contributed by atoms with E-state index in [-0.39, 0.29) is 0 Å². The van der Waals surface area contributed by atoms with Crippen LogP contribution in [0.5, 0.6) is 0 Å². The lowest BCUT2D eigenvalue weighted by molar-refractivity contribution is 0.599. The maximum Gasteiger partial charge on any atom is 0.145 e. The first-order valence-corrected chi connectivity index (χ1v) is 14.0. The molecule has 4 nitrogen and oxygen atoms in total. The summed E-state index contributed by atoms with van der Waals surface area (Å²) in [4.78, 5) is 10.7. The normalized spacial score (nSPS) is 12.1. The van der Waals surface area contributed by atoms with E-state index in [1.54, 1.807) is 0 Å². The molecule has 8 rings (SSSR count). The fourth-order valence-electron chi connectivity index (χ4n) is 6.18. The van der Waals surface area contributed by atoms with Gasteiger partial charge in [-0.25, -0.2) is 9.97 Å². The summed E-state index contributed by atoms with van der Waals surface area (Å²) in [5, 5.41) is 4.71. The lowest BCUT2D eigenvalue weighted by atomic mass is 9.84. The first-order chi connectivity index (χ1) is 20.1. The molecule has 41 heavy (non-hydrogen) atoms. The van der Waals surface area contributed by atoms with E-state index in [2.05, 4.69) is 156 Å². The van der Waals surface area contributed by atoms with Crippen molar-refractivity contribution >= 4 is 43.9 Å². The van der Waals surface area contributed by atoms with E-state index in [4.69, 9.17) is 9.97 Å². The van der Waals surface area contributed by atoms with Crippen molar-refractivity contribution in [2.45, 2.75) is 19.3 Å². The summed E-state index contributed by atoms with van der Waals surface area (Å²) in [6.07, 6.45) is 0. The van der Waals surface area contributed by atoms with E-state index >= 15 is 0 Å². The Hall–Kier alpha value is -5.22. The summed E-state index contributed by atoms with van der Waals surface area (Å²) in [6, 6.07) is 46.9. The predicted molar refractivity (Wildman–Crippen MR) is 169 cm³/mol. The van der Waals surface area contributed by atoms with Gasteiger partial charge in [0.1, 0.15) is 11.3 Å². The molecule has 0 N–H and O–H groups in total. The Labute approximate surface area is 238 Å². The Morgan fingerprint density at radius 2 is 0.805 bits per heavy atom. The van der Waals surface area contributed by atoms with E-state index in [0.717, 1.165) is 55.9 Å². The zero-order valence-electron chi connectivity index (χ0n) is 23.0. The molecule has 0 atom stereocenters. The molecular weight excluding hydrogens is 500 g/mol. The van der Waals surface area contributed by atoms with Crippen molar-refractivity contribution in [1.82, 2.24) is 19.1 Å². The SMILES string of the molecule is CC(C)(c1ccc2c3ccccc3n(-c3ccccc3)c2n1)c1ccc2c3ccccc3n(-c3ccccc3)c2n1. The van der Waals surface area contributed by atoms with Crippen molar-refractivity contribution in [3.05, 3.63) is 145 Å². The highest BCUT2D eigenvalue weighted by Gasteiger charge is 2.29. The second-order valence-corrected chi connectivity index (χ2v) is 11.1. The highest BCUT2D eigenvalue weighted by atomic mass is 15.1. The van der Waals surface area contributed by atoms with E-state index in [1.165, 1.54) is 10.8 Å². The van der Waals surface area contributed by atoms with E-state index in [1.807, 2.05) is 0 Å². The molecule has 196 valence electrons. The predicted octanol–water partition coefficient (Wildman–Crippen LogP) is 9.00. The average Bonchev–Trinajstić information content (AvgIpc) is 3.54. The third-order valence-electron chi connectivity index (χ3n) is 8.35. The Morgan fingerprint density at radius 1 is 0.415 bits per heavy atom. The van der Waals surface area contributed by atoms with Crippen LogP contribution in [0.2, 0.25) is 0 Å². The summed E-state index contributed by atoms with van der Waals surface area (Å²) in [7, 11) is 0. The first kappa shape index (κ1) is 23.6. The third-order valence-corrected chi connectivity index (χ3v) is 8.35. The molecule has 0 radical (unpaired) electrons. The second-order valence-electron chi connectivity index (χ2n) is 11.1. The summed E-state index contributed by atoms with van der Waals surface area (Å²) in [5.41, 5.74) is 7.98. The molecule has 0 amide bonds. The fourth-order valence-corrected chi connectivity index (χ4v) is 6.18. The van der Waals surface area contributed by atoms with Gasteiger partial charge in [-0.1, -0.05) is 72.8 Å². The molecule has 0 unspecified atom stereocenters. The Bertz CT molecular complexity index is 2060. The van der Waals surface area contributed by atoms with Crippen molar-refractivity contribution in [3.8, 4) is 11.4 Å². The van der Waals surface area contributed by atoms with Gasteiger partial charge in [0.05, 0.1) is 22.4 Å². The Morgan fingerprint density at radius 3 is 1.24 bits per heavy atom. The third kappa shape index (κ3) is 3.54. The summed E-state index contributed by atoms with van der Waals surface area (Å²) in [6.45, 7) is 4.45. The Balaban J connectivity index is 1.35. The molecular formula is C37H28N4. The number of hydrogen-bond acceptors (Lipinski definition) is 2. The van der Waals surface area contributed by atoms with Crippen LogP contribution in [0.4, 0.5) is 0 Å². The van der Waals surface area contributed by atoms with Crippen LogP contribution >= 0.6 is 0 Å². The lowest BCUT2D eigenvalue weighted by Gasteiger charge is -2.24. The number of rotatable bonds is 4. The standard InChI is InChI=1S/C37H28N4/c1-37(2,33-23-21-29-27-17-9-11-19-31(27)40(35(29)38-33)25-13-5-3-6-14-25)34-24-22-30-28-18-10-12-20-32(28)41(36(30)39-34)26-15-7-4-8-16-26/h3-24H,1-2H3. The number of para-hydroxylation sites is 4. The highest BCUT2D eigenvalue weighted by molar-refractivity contribution is 6.09. The molecule has 4 aromatic heterocycles. The van der Waals surface area contributed by atoms with Gasteiger partial charge in [0.2, 0.25) is 0 Å². The number of hydrogen-bond donors (Lipinski definition) is 0. The van der Waals surface area contributed by atoms with Gasteiger partial charge in [0.15, 0.2) is 0 Å². The molecule has 0 aliphatic carbocycles. The second kappa shape index (κ2) is 8.90. The minimum Gasteiger partial charge on any atom is -0.294 e. The van der Waals surface area contributed by atoms with Crippen LogP contribution in [0.25, 0.3) is 55.2 Å². The molecule has 0 fully saturated rings.